The van der Waals surface area contributed by atoms with Crippen LogP contribution in [-0.4, -0.2) is 50.3 Å². The van der Waals surface area contributed by atoms with Crippen LogP contribution in [0.1, 0.15) is 12.6 Å². The van der Waals surface area contributed by atoms with Crippen LogP contribution in [0.5, 0.6) is 0 Å². The van der Waals surface area contributed by atoms with Crippen LogP contribution >= 0.6 is 0 Å². The molecule has 3 rings (SSSR count). The second-order valence-electron chi connectivity index (χ2n) is 5.52. The fraction of sp³-hybridized carbons (Fsp3) is 0.385. The Morgan fingerprint density at radius 2 is 2.36 bits per heavy atom. The Morgan fingerprint density at radius 1 is 1.64 bits per heavy atom. The van der Waals surface area contributed by atoms with E-state index in [1.165, 1.54) is 24.9 Å². The van der Waals surface area contributed by atoms with E-state index in [9.17, 15) is 14.6 Å². The molecule has 1 aliphatic rings. The number of aromatic nitrogens is 3. The van der Waals surface area contributed by atoms with E-state index in [4.69, 9.17) is 16.9 Å². The maximum absolute atomic E-state index is 14.1. The smallest absolute Gasteiger partial charge is 0.174 e. The van der Waals surface area contributed by atoms with Crippen molar-refractivity contribution in [3.8, 4) is 12.3 Å². The van der Waals surface area contributed by atoms with E-state index in [2.05, 4.69) is 15.9 Å². The first-order chi connectivity index (χ1) is 10.3. The van der Waals surface area contributed by atoms with Gasteiger partial charge in [0.2, 0.25) is 0 Å². The fourth-order valence-electron chi connectivity index (χ4n) is 2.79. The Bertz CT molecular complexity index is 787. The predicted molar refractivity (Wildman–Crippen MR) is 78.8 cm³/mol. The van der Waals surface area contributed by atoms with Gasteiger partial charge in [-0.2, -0.15) is 0 Å². The molecule has 9 heteroatoms. The number of aliphatic hydroxyl groups is 2. The second-order valence-corrected chi connectivity index (χ2v) is 5.52. The van der Waals surface area contributed by atoms with Crippen molar-refractivity contribution < 1.29 is 19.3 Å². The molecule has 22 heavy (non-hydrogen) atoms. The summed E-state index contributed by atoms with van der Waals surface area (Å²) in [6.07, 6.45) is 7.06. The molecule has 0 amide bonds. The number of aliphatic hydroxyl groups excluding tert-OH is 1. The Balaban J connectivity index is 2.12. The SMILES string of the molecule is B[C@]1(O)C[C@H](n2cc(F)c3c(N)ncnc32)O[C@]1(C#C)CO. The normalized spacial score (nSPS) is 31.5. The third-order valence-corrected chi connectivity index (χ3v) is 4.14. The van der Waals surface area contributed by atoms with Gasteiger partial charge in [-0.15, -0.1) is 6.42 Å². The molecular weight excluding hydrogens is 290 g/mol. The van der Waals surface area contributed by atoms with Crippen molar-refractivity contribution in [1.29, 1.82) is 0 Å². The third kappa shape index (κ3) is 1.82. The minimum atomic E-state index is -1.57. The van der Waals surface area contributed by atoms with Crippen molar-refractivity contribution in [2.45, 2.75) is 23.8 Å². The Labute approximate surface area is 126 Å². The van der Waals surface area contributed by atoms with Crippen molar-refractivity contribution in [1.82, 2.24) is 14.5 Å². The molecule has 0 aliphatic carbocycles. The zero-order chi connectivity index (χ0) is 16.1. The van der Waals surface area contributed by atoms with Gasteiger partial charge in [-0.05, 0) is 0 Å². The second kappa shape index (κ2) is 4.68. The molecule has 114 valence electrons. The quantitative estimate of drug-likeness (QED) is 0.473. The summed E-state index contributed by atoms with van der Waals surface area (Å²) >= 11 is 0. The van der Waals surface area contributed by atoms with Crippen LogP contribution in [0.3, 0.4) is 0 Å². The van der Waals surface area contributed by atoms with Gasteiger partial charge in [0.1, 0.15) is 26.2 Å². The summed E-state index contributed by atoms with van der Waals surface area (Å²) in [6, 6.07) is 0. The first-order valence-electron chi connectivity index (χ1n) is 6.60. The number of nitrogens with two attached hydrogens (primary N) is 1. The van der Waals surface area contributed by atoms with Gasteiger partial charge in [-0.1, -0.05) is 5.92 Å². The van der Waals surface area contributed by atoms with E-state index < -0.39 is 29.8 Å². The zero-order valence-corrected chi connectivity index (χ0v) is 11.8. The molecular formula is C13H14BFN4O3. The highest BCUT2D eigenvalue weighted by Gasteiger charge is 2.55. The van der Waals surface area contributed by atoms with Crippen LogP contribution in [-0.2, 0) is 4.74 Å². The number of terminal acetylenes is 1. The molecule has 1 aliphatic heterocycles. The number of halogens is 1. The van der Waals surface area contributed by atoms with E-state index in [0.717, 1.165) is 0 Å². The molecule has 1 saturated heterocycles. The Hall–Kier alpha value is -2.15. The predicted octanol–water partition coefficient (Wildman–Crippen LogP) is -1.24. The van der Waals surface area contributed by atoms with Crippen LogP contribution in [0.2, 0.25) is 0 Å². The average Bonchev–Trinajstić information content (AvgIpc) is 2.94. The fourth-order valence-corrected chi connectivity index (χ4v) is 2.79. The monoisotopic (exact) mass is 304 g/mol. The summed E-state index contributed by atoms with van der Waals surface area (Å²) in [4.78, 5) is 7.76. The van der Waals surface area contributed by atoms with Crippen LogP contribution in [0, 0.1) is 18.2 Å². The third-order valence-electron chi connectivity index (χ3n) is 4.14. The van der Waals surface area contributed by atoms with Gasteiger partial charge in [0.25, 0.3) is 0 Å². The standard InChI is InChI=1S/C13H14BFN4O3/c1-2-12(5-20)13(14,21)3-8(22-12)19-4-7(15)9-10(16)17-6-18-11(9)19/h1,4,6,8,20-21H,3,5,14H2,(H2,16,17,18)/t8-,12-,13+/m1/s1. The van der Waals surface area contributed by atoms with Crippen LogP contribution in [0.4, 0.5) is 10.2 Å². The van der Waals surface area contributed by atoms with Crippen molar-refractivity contribution in [2.24, 2.45) is 0 Å². The first kappa shape index (κ1) is 14.8. The van der Waals surface area contributed by atoms with E-state index in [1.54, 1.807) is 0 Å². The summed E-state index contributed by atoms with van der Waals surface area (Å²) < 4.78 is 21.1. The van der Waals surface area contributed by atoms with Crippen molar-refractivity contribution in [2.75, 3.05) is 12.3 Å². The number of nitrogen functional groups attached to an aromatic ring is 1. The highest BCUT2D eigenvalue weighted by Crippen LogP contribution is 2.43. The van der Waals surface area contributed by atoms with Crippen LogP contribution in [0.15, 0.2) is 12.5 Å². The highest BCUT2D eigenvalue weighted by molar-refractivity contribution is 6.15. The minimum Gasteiger partial charge on any atom is -0.395 e. The molecule has 0 bridgehead atoms. The number of hydrogen-bond donors (Lipinski definition) is 3. The van der Waals surface area contributed by atoms with Crippen LogP contribution in [0.25, 0.3) is 11.0 Å². The maximum Gasteiger partial charge on any atom is 0.174 e. The van der Waals surface area contributed by atoms with Crippen LogP contribution < -0.4 is 5.73 Å². The maximum atomic E-state index is 14.1. The molecule has 3 atom stereocenters. The summed E-state index contributed by atoms with van der Waals surface area (Å²) in [5, 5.41) is 20.1. The summed E-state index contributed by atoms with van der Waals surface area (Å²) in [5.41, 5.74) is 2.85. The number of anilines is 1. The molecule has 7 nitrogen and oxygen atoms in total. The molecule has 2 aromatic heterocycles. The molecule has 1 fully saturated rings. The van der Waals surface area contributed by atoms with Crippen molar-refractivity contribution in [3.05, 3.63) is 18.3 Å². The number of rotatable bonds is 2. The number of fused-ring (bicyclic) bond motifs is 1. The van der Waals surface area contributed by atoms with E-state index in [-0.39, 0.29) is 23.3 Å². The lowest BCUT2D eigenvalue weighted by Crippen LogP contribution is -2.53. The van der Waals surface area contributed by atoms with Crippen molar-refractivity contribution in [3.63, 3.8) is 0 Å². The van der Waals surface area contributed by atoms with E-state index in [0.29, 0.717) is 0 Å². The van der Waals surface area contributed by atoms with Gasteiger partial charge in [-0.3, -0.25) is 0 Å². The lowest BCUT2D eigenvalue weighted by molar-refractivity contribution is -0.101. The first-order valence-corrected chi connectivity index (χ1v) is 6.60. The van der Waals surface area contributed by atoms with Gasteiger partial charge in [0.05, 0.1) is 17.5 Å². The molecule has 2 aromatic rings. The summed E-state index contributed by atoms with van der Waals surface area (Å²) in [7, 11) is 1.47. The zero-order valence-electron chi connectivity index (χ0n) is 11.8. The van der Waals surface area contributed by atoms with Crippen molar-refractivity contribution >= 4 is 24.7 Å². The molecule has 4 N–H and O–H groups in total. The highest BCUT2D eigenvalue weighted by atomic mass is 19.1. The van der Waals surface area contributed by atoms with Gasteiger partial charge in [-0.25, -0.2) is 14.4 Å². The Morgan fingerprint density at radius 3 is 2.95 bits per heavy atom. The van der Waals surface area contributed by atoms with Gasteiger partial charge >= 0.3 is 0 Å². The molecule has 0 radical (unpaired) electrons. The van der Waals surface area contributed by atoms with Gasteiger partial charge in [0.15, 0.2) is 17.1 Å². The van der Waals surface area contributed by atoms with E-state index in [1.807, 2.05) is 0 Å². The molecule has 0 aromatic carbocycles. The summed E-state index contributed by atoms with van der Waals surface area (Å²) in [6.45, 7) is -0.564. The molecule has 0 saturated carbocycles. The average molecular weight is 304 g/mol. The van der Waals surface area contributed by atoms with Gasteiger partial charge in [0, 0.05) is 12.6 Å². The molecule has 0 spiro atoms. The minimum absolute atomic E-state index is 0.0105. The lowest BCUT2D eigenvalue weighted by atomic mass is 9.68. The number of nitrogens with zero attached hydrogens (tertiary/aromatic N) is 3. The van der Waals surface area contributed by atoms with E-state index >= 15 is 0 Å². The lowest BCUT2D eigenvalue weighted by Gasteiger charge is -2.31. The number of hydrogen-bond acceptors (Lipinski definition) is 6. The van der Waals surface area contributed by atoms with Gasteiger partial charge < -0.3 is 25.3 Å². The number of ether oxygens (including phenoxy) is 1. The Kier molecular flexibility index (Phi) is 3.14. The topological polar surface area (TPSA) is 106 Å². The summed E-state index contributed by atoms with van der Waals surface area (Å²) in [5.74, 6) is 1.71. The molecule has 0 unspecified atom stereocenters. The largest absolute Gasteiger partial charge is 0.395 e. The molecule has 3 heterocycles.